The Balaban J connectivity index is 1.43. The molecule has 7 nitrogen and oxygen atoms in total. The quantitative estimate of drug-likeness (QED) is 0.429. The second-order valence-electron chi connectivity index (χ2n) is 7.48. The van der Waals surface area contributed by atoms with E-state index in [4.69, 9.17) is 9.47 Å². The van der Waals surface area contributed by atoms with E-state index in [1.54, 1.807) is 31.5 Å². The van der Waals surface area contributed by atoms with Gasteiger partial charge in [0.05, 0.1) is 7.11 Å². The molecule has 0 aliphatic carbocycles. The van der Waals surface area contributed by atoms with Gasteiger partial charge in [-0.05, 0) is 60.2 Å². The zero-order valence-corrected chi connectivity index (χ0v) is 18.8. The number of nitrogens with one attached hydrogen (secondary N) is 2. The lowest BCUT2D eigenvalue weighted by Crippen LogP contribution is -2.25. The summed E-state index contributed by atoms with van der Waals surface area (Å²) < 4.78 is 10.6. The Labute approximate surface area is 194 Å². The molecule has 0 saturated carbocycles. The topological polar surface area (TPSA) is 89.5 Å². The van der Waals surface area contributed by atoms with Gasteiger partial charge in [-0.3, -0.25) is 9.78 Å². The number of carbonyl (C=O) groups is 2. The van der Waals surface area contributed by atoms with Crippen molar-refractivity contribution in [3.05, 3.63) is 95.3 Å². The fourth-order valence-corrected chi connectivity index (χ4v) is 3.30. The van der Waals surface area contributed by atoms with Crippen LogP contribution < -0.4 is 15.4 Å². The van der Waals surface area contributed by atoms with E-state index in [2.05, 4.69) is 15.6 Å². The number of benzene rings is 2. The third-order valence-electron chi connectivity index (χ3n) is 5.11. The van der Waals surface area contributed by atoms with Crippen LogP contribution in [0.3, 0.4) is 0 Å². The number of carbonyl (C=O) groups excluding carboxylic acids is 2. The predicted octanol–water partition coefficient (Wildman–Crippen LogP) is 4.27. The van der Waals surface area contributed by atoms with Crippen molar-refractivity contribution in [1.82, 2.24) is 15.6 Å². The van der Waals surface area contributed by atoms with Gasteiger partial charge < -0.3 is 20.1 Å². The van der Waals surface area contributed by atoms with Crippen molar-refractivity contribution in [1.29, 1.82) is 0 Å². The fourth-order valence-electron chi connectivity index (χ4n) is 3.30. The van der Waals surface area contributed by atoms with Crippen molar-refractivity contribution in [2.75, 3.05) is 13.7 Å². The highest BCUT2D eigenvalue weighted by Crippen LogP contribution is 2.20. The molecule has 0 aliphatic rings. The summed E-state index contributed by atoms with van der Waals surface area (Å²) in [5.74, 6) is 0.558. The van der Waals surface area contributed by atoms with Crippen LogP contribution in [0.25, 0.3) is 0 Å². The summed E-state index contributed by atoms with van der Waals surface area (Å²) in [5.41, 5.74) is 3.46. The first-order valence-electron chi connectivity index (χ1n) is 11.0. The van der Waals surface area contributed by atoms with Gasteiger partial charge in [-0.2, -0.15) is 0 Å². The minimum absolute atomic E-state index is 0.212. The second kappa shape index (κ2) is 12.9. The number of ether oxygens (including phenoxy) is 2. The van der Waals surface area contributed by atoms with E-state index in [1.807, 2.05) is 48.5 Å². The molecule has 7 heteroatoms. The maximum Gasteiger partial charge on any atom is 0.407 e. The van der Waals surface area contributed by atoms with E-state index < -0.39 is 6.09 Å². The first kappa shape index (κ1) is 23.8. The molecule has 0 atom stereocenters. The smallest absolute Gasteiger partial charge is 0.407 e. The summed E-state index contributed by atoms with van der Waals surface area (Å²) in [5, 5.41) is 5.71. The minimum Gasteiger partial charge on any atom is -0.497 e. The molecule has 0 fully saturated rings. The lowest BCUT2D eigenvalue weighted by atomic mass is 10.0. The van der Waals surface area contributed by atoms with Gasteiger partial charge in [-0.15, -0.1) is 0 Å². The first-order valence-corrected chi connectivity index (χ1v) is 11.0. The minimum atomic E-state index is -0.418. The van der Waals surface area contributed by atoms with Crippen molar-refractivity contribution < 1.29 is 19.1 Å². The number of aromatic nitrogens is 1. The van der Waals surface area contributed by atoms with Crippen molar-refractivity contribution in [2.24, 2.45) is 0 Å². The molecule has 1 aromatic heterocycles. The van der Waals surface area contributed by atoms with Crippen LogP contribution in [-0.2, 0) is 24.3 Å². The fraction of sp³-hybridized carbons (Fsp3) is 0.269. The largest absolute Gasteiger partial charge is 0.497 e. The summed E-state index contributed by atoms with van der Waals surface area (Å²) in [6.45, 7) is 1.19. The van der Waals surface area contributed by atoms with Crippen LogP contribution in [0.1, 0.15) is 40.0 Å². The molecular formula is C26H29N3O4. The van der Waals surface area contributed by atoms with Gasteiger partial charge in [0.1, 0.15) is 18.1 Å². The molecule has 33 heavy (non-hydrogen) atoms. The van der Waals surface area contributed by atoms with E-state index in [1.165, 1.54) is 0 Å². The van der Waals surface area contributed by atoms with Gasteiger partial charge in [-0.25, -0.2) is 4.79 Å². The Morgan fingerprint density at radius 1 is 0.909 bits per heavy atom. The maximum atomic E-state index is 12.3. The number of hydrogen-bond donors (Lipinski definition) is 2. The predicted molar refractivity (Wildman–Crippen MR) is 126 cm³/mol. The molecule has 0 saturated heterocycles. The van der Waals surface area contributed by atoms with Crippen molar-refractivity contribution >= 4 is 12.0 Å². The summed E-state index contributed by atoms with van der Waals surface area (Å²) in [4.78, 5) is 28.2. The lowest BCUT2D eigenvalue weighted by molar-refractivity contribution is 0.0945. The van der Waals surface area contributed by atoms with Gasteiger partial charge in [0, 0.05) is 19.3 Å². The third-order valence-corrected chi connectivity index (χ3v) is 5.11. The van der Waals surface area contributed by atoms with Crippen LogP contribution >= 0.6 is 0 Å². The number of alkyl carbamates (subject to hydrolysis) is 1. The summed E-state index contributed by atoms with van der Waals surface area (Å²) in [6.07, 6.45) is 3.65. The van der Waals surface area contributed by atoms with Gasteiger partial charge in [0.15, 0.2) is 0 Å². The number of pyridine rings is 1. The number of rotatable bonds is 11. The van der Waals surface area contributed by atoms with E-state index in [0.717, 1.165) is 41.7 Å². The molecule has 0 spiro atoms. The highest BCUT2D eigenvalue weighted by atomic mass is 16.5. The van der Waals surface area contributed by atoms with E-state index in [0.29, 0.717) is 18.8 Å². The van der Waals surface area contributed by atoms with Crippen LogP contribution in [0.15, 0.2) is 72.9 Å². The number of amides is 2. The normalized spacial score (nSPS) is 10.3. The molecule has 0 unspecified atom stereocenters. The van der Waals surface area contributed by atoms with Crippen molar-refractivity contribution in [2.45, 2.75) is 32.4 Å². The summed E-state index contributed by atoms with van der Waals surface area (Å²) >= 11 is 0. The van der Waals surface area contributed by atoms with Crippen LogP contribution in [-0.4, -0.2) is 30.6 Å². The Kier molecular flexibility index (Phi) is 9.27. The average molecular weight is 448 g/mol. The number of unbranched alkanes of at least 4 members (excludes halogenated alkanes) is 1. The van der Waals surface area contributed by atoms with Gasteiger partial charge in [-0.1, -0.05) is 42.5 Å². The Morgan fingerprint density at radius 3 is 2.48 bits per heavy atom. The van der Waals surface area contributed by atoms with Crippen molar-refractivity contribution in [3.8, 4) is 5.75 Å². The zero-order valence-electron chi connectivity index (χ0n) is 18.8. The maximum absolute atomic E-state index is 12.3. The molecule has 0 bridgehead atoms. The second-order valence-corrected chi connectivity index (χ2v) is 7.48. The molecule has 172 valence electrons. The van der Waals surface area contributed by atoms with Crippen LogP contribution in [0.4, 0.5) is 4.79 Å². The number of methoxy groups -OCH3 is 1. The van der Waals surface area contributed by atoms with Gasteiger partial charge >= 0.3 is 6.09 Å². The molecule has 2 amide bonds. The van der Waals surface area contributed by atoms with Crippen LogP contribution in [0.5, 0.6) is 5.75 Å². The van der Waals surface area contributed by atoms with Crippen LogP contribution in [0, 0.1) is 0 Å². The molecule has 2 aromatic carbocycles. The lowest BCUT2D eigenvalue weighted by Gasteiger charge is -2.13. The highest BCUT2D eigenvalue weighted by molar-refractivity contribution is 5.92. The number of hydrogen-bond acceptors (Lipinski definition) is 5. The van der Waals surface area contributed by atoms with Gasteiger partial charge in [0.2, 0.25) is 0 Å². The molecule has 0 radical (unpaired) electrons. The van der Waals surface area contributed by atoms with E-state index in [9.17, 15) is 9.59 Å². The Hall–Kier alpha value is -3.87. The monoisotopic (exact) mass is 447 g/mol. The summed E-state index contributed by atoms with van der Waals surface area (Å²) in [7, 11) is 1.63. The van der Waals surface area contributed by atoms with Gasteiger partial charge in [0.25, 0.3) is 5.91 Å². The van der Waals surface area contributed by atoms with E-state index in [-0.39, 0.29) is 12.5 Å². The summed E-state index contributed by atoms with van der Waals surface area (Å²) in [6, 6.07) is 20.7. The SMILES string of the molecule is COc1ccc(CNC(=O)c2ccccn2)c(CCCCNC(=O)OCc2ccccc2)c1. The van der Waals surface area contributed by atoms with Crippen LogP contribution in [0.2, 0.25) is 0 Å². The number of nitrogens with zero attached hydrogens (tertiary/aromatic N) is 1. The first-order chi connectivity index (χ1) is 16.2. The average Bonchev–Trinajstić information content (AvgIpc) is 2.87. The Morgan fingerprint density at radius 2 is 1.73 bits per heavy atom. The third kappa shape index (κ3) is 7.96. The van der Waals surface area contributed by atoms with Crippen molar-refractivity contribution in [3.63, 3.8) is 0 Å². The standard InChI is InChI=1S/C26H29N3O4/c1-32-23-14-13-22(18-29-25(30)24-12-6-8-15-27-24)21(17-23)11-5-7-16-28-26(31)33-19-20-9-3-2-4-10-20/h2-4,6,8-10,12-15,17H,5,7,11,16,18-19H2,1H3,(H,28,31)(H,29,30). The van der Waals surface area contributed by atoms with E-state index >= 15 is 0 Å². The molecular weight excluding hydrogens is 418 g/mol. The number of aryl methyl sites for hydroxylation is 1. The molecule has 2 N–H and O–H groups in total. The molecule has 0 aliphatic heterocycles. The molecule has 3 aromatic rings. The molecule has 1 heterocycles. The zero-order chi connectivity index (χ0) is 23.3. The highest BCUT2D eigenvalue weighted by Gasteiger charge is 2.10. The molecule has 3 rings (SSSR count). The Bertz CT molecular complexity index is 1030.